The minimum atomic E-state index is -0.558. The van der Waals surface area contributed by atoms with Gasteiger partial charge in [0.15, 0.2) is 0 Å². The van der Waals surface area contributed by atoms with Gasteiger partial charge in [-0.1, -0.05) is 19.8 Å². The predicted octanol–water partition coefficient (Wildman–Crippen LogP) is 1.62. The first kappa shape index (κ1) is 13.6. The third-order valence-corrected chi connectivity index (χ3v) is 1.40. The van der Waals surface area contributed by atoms with Crippen molar-refractivity contribution < 1.29 is 9.08 Å². The molecule has 0 aliphatic rings. The van der Waals surface area contributed by atoms with Crippen LogP contribution in [0.2, 0.25) is 0 Å². The van der Waals surface area contributed by atoms with E-state index < -0.39 is 12.0 Å². The number of hydrogen-bond donors (Lipinski definition) is 1. The van der Waals surface area contributed by atoms with Crippen molar-refractivity contribution in [2.45, 2.75) is 32.2 Å². The second kappa shape index (κ2) is 8.11. The molecule has 0 spiro atoms. The van der Waals surface area contributed by atoms with Crippen molar-refractivity contribution in [1.82, 2.24) is 0 Å². The van der Waals surface area contributed by atoms with Crippen molar-refractivity contribution in [3.8, 4) is 0 Å². The minimum Gasteiger partial charge on any atom is -0.346 e. The van der Waals surface area contributed by atoms with Crippen LogP contribution in [0.25, 0.3) is 0 Å². The van der Waals surface area contributed by atoms with E-state index in [0.717, 1.165) is 12.8 Å². The normalized spacial score (nSPS) is 11.5. The summed E-state index contributed by atoms with van der Waals surface area (Å²) in [6.07, 6.45) is 2.58. The van der Waals surface area contributed by atoms with Crippen LogP contribution in [0, 0.1) is 0 Å². The quantitative estimate of drug-likeness (QED) is 0.753. The van der Waals surface area contributed by atoms with Gasteiger partial charge in [0, 0.05) is 0 Å². The van der Waals surface area contributed by atoms with E-state index in [9.17, 15) is 4.79 Å². The summed E-state index contributed by atoms with van der Waals surface area (Å²) in [4.78, 5) is 10.5. The molecule has 11 heavy (non-hydrogen) atoms. The van der Waals surface area contributed by atoms with Gasteiger partial charge < -0.3 is 10.0 Å². The Morgan fingerprint density at radius 2 is 2.27 bits per heavy atom. The summed E-state index contributed by atoms with van der Waals surface area (Å²) < 4.78 is 3.92. The van der Waals surface area contributed by atoms with Crippen molar-refractivity contribution in [2.75, 3.05) is 0 Å². The molecule has 0 heterocycles. The molecule has 3 nitrogen and oxygen atoms in total. The lowest BCUT2D eigenvalue weighted by molar-refractivity contribution is -0.135. The Balaban J connectivity index is 0. The second-order valence-electron chi connectivity index (χ2n) is 2.14. The van der Waals surface area contributed by atoms with E-state index >= 15 is 0 Å². The first-order chi connectivity index (χ1) is 4.72. The molecule has 0 bridgehead atoms. The Hall–Kier alpha value is 0.01000. The predicted molar refractivity (Wildman–Crippen MR) is 46.7 cm³/mol. The summed E-state index contributed by atoms with van der Waals surface area (Å²) in [5.41, 5.74) is 5.35. The molecule has 0 rings (SSSR count). The lowest BCUT2D eigenvalue weighted by Gasteiger charge is -2.04. The van der Waals surface area contributed by atoms with Gasteiger partial charge in [0.25, 0.3) is 0 Å². The van der Waals surface area contributed by atoms with Crippen molar-refractivity contribution in [1.29, 1.82) is 0 Å². The van der Waals surface area contributed by atoms with Gasteiger partial charge >= 0.3 is 5.97 Å². The third kappa shape index (κ3) is 6.41. The average Bonchev–Trinajstić information content (AvgIpc) is 1.98. The SMILES string of the molecule is CCCC[C@H](N)C(=O)OCl.Cl. The minimum absolute atomic E-state index is 0. The molecule has 68 valence electrons. The molecular formula is C6H13Cl2NO2. The van der Waals surface area contributed by atoms with Crippen molar-refractivity contribution in [2.24, 2.45) is 5.73 Å². The maximum Gasteiger partial charge on any atom is 0.341 e. The molecule has 2 N–H and O–H groups in total. The Labute approximate surface area is 77.8 Å². The fourth-order valence-corrected chi connectivity index (χ4v) is 0.714. The van der Waals surface area contributed by atoms with Crippen molar-refractivity contribution >= 4 is 30.2 Å². The zero-order valence-corrected chi connectivity index (χ0v) is 7.95. The molecule has 0 aliphatic heterocycles. The highest BCUT2D eigenvalue weighted by atomic mass is 35.5. The summed E-state index contributed by atoms with van der Waals surface area (Å²) in [6, 6.07) is -0.558. The molecule has 0 unspecified atom stereocenters. The highest BCUT2D eigenvalue weighted by Gasteiger charge is 2.12. The molecule has 0 saturated carbocycles. The molecule has 0 radical (unpaired) electrons. The van der Waals surface area contributed by atoms with E-state index in [4.69, 9.17) is 17.6 Å². The molecule has 0 aliphatic carbocycles. The molecular weight excluding hydrogens is 189 g/mol. The van der Waals surface area contributed by atoms with Crippen LogP contribution < -0.4 is 5.73 Å². The van der Waals surface area contributed by atoms with Gasteiger partial charge in [-0.05, 0) is 6.42 Å². The van der Waals surface area contributed by atoms with Crippen molar-refractivity contribution in [3.63, 3.8) is 0 Å². The lowest BCUT2D eigenvalue weighted by atomic mass is 10.1. The largest absolute Gasteiger partial charge is 0.346 e. The first-order valence-corrected chi connectivity index (χ1v) is 3.61. The molecule has 0 aromatic heterocycles. The van der Waals surface area contributed by atoms with Gasteiger partial charge in [0.05, 0.1) is 0 Å². The summed E-state index contributed by atoms with van der Waals surface area (Å²) in [7, 11) is 0. The molecule has 5 heteroatoms. The van der Waals surface area contributed by atoms with Crippen LogP contribution in [0.4, 0.5) is 0 Å². The topological polar surface area (TPSA) is 52.3 Å². The van der Waals surface area contributed by atoms with Crippen LogP contribution >= 0.6 is 24.3 Å². The number of halogens is 2. The Morgan fingerprint density at radius 1 is 1.73 bits per heavy atom. The Kier molecular flexibility index (Phi) is 10.0. The van der Waals surface area contributed by atoms with Crippen LogP contribution in [0.1, 0.15) is 26.2 Å². The highest BCUT2D eigenvalue weighted by Crippen LogP contribution is 2.00. The lowest BCUT2D eigenvalue weighted by Crippen LogP contribution is -2.30. The van der Waals surface area contributed by atoms with Crippen LogP contribution in [-0.2, 0) is 9.08 Å². The molecule has 1 atom stereocenters. The van der Waals surface area contributed by atoms with Gasteiger partial charge in [0.2, 0.25) is 0 Å². The van der Waals surface area contributed by atoms with Crippen LogP contribution in [-0.4, -0.2) is 12.0 Å². The van der Waals surface area contributed by atoms with Gasteiger partial charge in [-0.25, -0.2) is 4.79 Å². The maximum atomic E-state index is 10.5. The molecule has 0 amide bonds. The monoisotopic (exact) mass is 201 g/mol. The van der Waals surface area contributed by atoms with E-state index in [1.54, 1.807) is 0 Å². The van der Waals surface area contributed by atoms with E-state index in [-0.39, 0.29) is 12.4 Å². The van der Waals surface area contributed by atoms with Crippen LogP contribution in [0.5, 0.6) is 0 Å². The Morgan fingerprint density at radius 3 is 2.64 bits per heavy atom. The van der Waals surface area contributed by atoms with Crippen LogP contribution in [0.3, 0.4) is 0 Å². The molecule has 0 aromatic rings. The van der Waals surface area contributed by atoms with Gasteiger partial charge in [-0.3, -0.25) is 0 Å². The number of nitrogens with two attached hydrogens (primary N) is 1. The zero-order valence-electron chi connectivity index (χ0n) is 6.38. The second-order valence-corrected chi connectivity index (χ2v) is 2.30. The third-order valence-electron chi connectivity index (χ3n) is 1.25. The molecule has 0 saturated heterocycles. The first-order valence-electron chi connectivity index (χ1n) is 3.30. The van der Waals surface area contributed by atoms with E-state index in [1.807, 2.05) is 6.92 Å². The van der Waals surface area contributed by atoms with Gasteiger partial charge in [-0.2, -0.15) is 0 Å². The number of carbonyl (C=O) groups is 1. The standard InChI is InChI=1S/C6H12ClNO2.ClH/c1-2-3-4-5(8)6(9)10-7;/h5H,2-4,8H2,1H3;1H/t5-;/m0./s1. The Bertz CT molecular complexity index is 111. The van der Waals surface area contributed by atoms with Crippen molar-refractivity contribution in [3.05, 3.63) is 0 Å². The van der Waals surface area contributed by atoms with Gasteiger partial charge in [-0.15, -0.1) is 12.4 Å². The van der Waals surface area contributed by atoms with E-state index in [2.05, 4.69) is 4.29 Å². The summed E-state index contributed by atoms with van der Waals surface area (Å²) in [5.74, 6) is -0.546. The van der Waals surface area contributed by atoms with Gasteiger partial charge in [0.1, 0.15) is 17.9 Å². The summed E-state index contributed by atoms with van der Waals surface area (Å²) in [6.45, 7) is 2.03. The molecule has 0 aromatic carbocycles. The average molecular weight is 202 g/mol. The number of carbonyl (C=O) groups excluding carboxylic acids is 1. The molecule has 0 fully saturated rings. The van der Waals surface area contributed by atoms with E-state index in [1.165, 1.54) is 0 Å². The van der Waals surface area contributed by atoms with E-state index in [0.29, 0.717) is 6.42 Å². The number of hydrogen-bond acceptors (Lipinski definition) is 3. The fourth-order valence-electron chi connectivity index (χ4n) is 0.599. The smallest absolute Gasteiger partial charge is 0.341 e. The summed E-state index contributed by atoms with van der Waals surface area (Å²) >= 11 is 4.80. The highest BCUT2D eigenvalue weighted by molar-refractivity contribution is 6.13. The number of rotatable bonds is 4. The zero-order chi connectivity index (χ0) is 7.98. The summed E-state index contributed by atoms with van der Waals surface area (Å²) in [5, 5.41) is 0. The fraction of sp³-hybridized carbons (Fsp3) is 0.833. The number of unbranched alkanes of at least 4 members (excludes halogenated alkanes) is 1. The van der Waals surface area contributed by atoms with Crippen LogP contribution in [0.15, 0.2) is 0 Å². The maximum absolute atomic E-state index is 10.5.